The van der Waals surface area contributed by atoms with Crippen LogP contribution in [-0.2, 0) is 36.8 Å². The van der Waals surface area contributed by atoms with E-state index in [-0.39, 0.29) is 19.3 Å². The van der Waals surface area contributed by atoms with Crippen molar-refractivity contribution in [3.8, 4) is 0 Å². The van der Waals surface area contributed by atoms with Crippen LogP contribution in [0.5, 0.6) is 0 Å². The molecule has 2 aromatic carbocycles. The summed E-state index contributed by atoms with van der Waals surface area (Å²) in [6.45, 7) is 0. The molecule has 32 heavy (non-hydrogen) atoms. The summed E-state index contributed by atoms with van der Waals surface area (Å²) in [5, 5.41) is 5.22. The van der Waals surface area contributed by atoms with E-state index in [9.17, 15) is 19.2 Å². The van der Waals surface area contributed by atoms with Crippen LogP contribution in [-0.4, -0.2) is 48.9 Å². The zero-order valence-corrected chi connectivity index (χ0v) is 17.8. The summed E-state index contributed by atoms with van der Waals surface area (Å²) in [4.78, 5) is 48.9. The van der Waals surface area contributed by atoms with Crippen molar-refractivity contribution >= 4 is 23.7 Å². The predicted octanol–water partition coefficient (Wildman–Crippen LogP) is -0.183. The van der Waals surface area contributed by atoms with Crippen LogP contribution in [0.1, 0.15) is 17.5 Å². The molecule has 0 unspecified atom stereocenters. The fraction of sp³-hybridized carbons (Fsp3) is 0.304. The van der Waals surface area contributed by atoms with E-state index in [1.807, 2.05) is 36.4 Å². The summed E-state index contributed by atoms with van der Waals surface area (Å²) in [7, 11) is 1.23. The molecule has 0 saturated heterocycles. The van der Waals surface area contributed by atoms with Gasteiger partial charge in [0.2, 0.25) is 17.7 Å². The number of nitrogens with two attached hydrogens (primary N) is 2. The van der Waals surface area contributed by atoms with Gasteiger partial charge >= 0.3 is 5.97 Å². The van der Waals surface area contributed by atoms with E-state index < -0.39 is 41.8 Å². The van der Waals surface area contributed by atoms with Crippen LogP contribution in [0.3, 0.4) is 0 Å². The van der Waals surface area contributed by atoms with Crippen molar-refractivity contribution in [2.75, 3.05) is 7.11 Å². The molecule has 9 nitrogen and oxygen atoms in total. The average Bonchev–Trinajstić information content (AvgIpc) is 2.78. The lowest BCUT2D eigenvalue weighted by Crippen LogP contribution is -2.56. The molecule has 0 radical (unpaired) electrons. The van der Waals surface area contributed by atoms with Gasteiger partial charge < -0.3 is 26.8 Å². The molecule has 0 bridgehead atoms. The van der Waals surface area contributed by atoms with Crippen molar-refractivity contribution < 1.29 is 23.9 Å². The van der Waals surface area contributed by atoms with Crippen LogP contribution in [0, 0.1) is 0 Å². The number of primary amides is 1. The summed E-state index contributed by atoms with van der Waals surface area (Å²) in [6.07, 6.45) is 0.0116. The first kappa shape index (κ1) is 24.5. The number of hydrogen-bond donors (Lipinski definition) is 4. The largest absolute Gasteiger partial charge is 0.467 e. The maximum atomic E-state index is 13.1. The monoisotopic (exact) mass is 440 g/mol. The number of esters is 1. The molecule has 0 aliphatic carbocycles. The third-order valence-electron chi connectivity index (χ3n) is 4.76. The van der Waals surface area contributed by atoms with Crippen molar-refractivity contribution in [2.45, 2.75) is 37.4 Å². The SMILES string of the molecule is COC(=O)[C@H](Cc1ccccc1)NC(=O)[C@H](Cc1ccccc1)NC(=O)[C@H](N)CC(N)=O. The number of ether oxygens (including phenoxy) is 1. The molecular formula is C23H28N4O5. The first-order valence-electron chi connectivity index (χ1n) is 10.1. The Hall–Kier alpha value is -3.72. The molecule has 3 amide bonds. The molecule has 0 aliphatic heterocycles. The summed E-state index contributed by atoms with van der Waals surface area (Å²) >= 11 is 0. The third kappa shape index (κ3) is 7.84. The summed E-state index contributed by atoms with van der Waals surface area (Å²) in [5.41, 5.74) is 12.4. The number of amides is 3. The quantitative estimate of drug-likeness (QED) is 0.355. The maximum absolute atomic E-state index is 13.1. The first-order valence-corrected chi connectivity index (χ1v) is 10.1. The van der Waals surface area contributed by atoms with E-state index in [4.69, 9.17) is 16.2 Å². The Morgan fingerprint density at radius 3 is 1.75 bits per heavy atom. The minimum atomic E-state index is -1.20. The van der Waals surface area contributed by atoms with Crippen molar-refractivity contribution in [1.82, 2.24) is 10.6 Å². The number of rotatable bonds is 11. The molecule has 0 heterocycles. The fourth-order valence-electron chi connectivity index (χ4n) is 3.10. The zero-order valence-electron chi connectivity index (χ0n) is 17.8. The summed E-state index contributed by atoms with van der Waals surface area (Å²) < 4.78 is 4.83. The number of methoxy groups -OCH3 is 1. The molecule has 0 aromatic heterocycles. The van der Waals surface area contributed by atoms with E-state index in [0.29, 0.717) is 0 Å². The van der Waals surface area contributed by atoms with Gasteiger partial charge in [0.05, 0.1) is 19.6 Å². The highest BCUT2D eigenvalue weighted by Crippen LogP contribution is 2.08. The lowest BCUT2D eigenvalue weighted by Gasteiger charge is -2.23. The van der Waals surface area contributed by atoms with Gasteiger partial charge in [0.1, 0.15) is 12.1 Å². The highest BCUT2D eigenvalue weighted by atomic mass is 16.5. The summed E-state index contributed by atoms with van der Waals surface area (Å²) in [6, 6.07) is 15.0. The van der Waals surface area contributed by atoms with Gasteiger partial charge in [0.15, 0.2) is 0 Å². The lowest BCUT2D eigenvalue weighted by atomic mass is 10.0. The third-order valence-corrected chi connectivity index (χ3v) is 4.76. The minimum Gasteiger partial charge on any atom is -0.467 e. The average molecular weight is 441 g/mol. The van der Waals surface area contributed by atoms with Gasteiger partial charge in [-0.1, -0.05) is 60.7 Å². The molecule has 9 heteroatoms. The number of benzene rings is 2. The van der Waals surface area contributed by atoms with E-state index in [1.165, 1.54) is 7.11 Å². The molecule has 0 fully saturated rings. The van der Waals surface area contributed by atoms with Crippen LogP contribution in [0.2, 0.25) is 0 Å². The smallest absolute Gasteiger partial charge is 0.328 e. The van der Waals surface area contributed by atoms with Gasteiger partial charge in [0.25, 0.3) is 0 Å². The minimum absolute atomic E-state index is 0.154. The van der Waals surface area contributed by atoms with E-state index in [1.54, 1.807) is 24.3 Å². The zero-order chi connectivity index (χ0) is 23.5. The van der Waals surface area contributed by atoms with Gasteiger partial charge in [0, 0.05) is 12.8 Å². The Kier molecular flexibility index (Phi) is 9.37. The van der Waals surface area contributed by atoms with Crippen LogP contribution < -0.4 is 22.1 Å². The molecule has 0 saturated carbocycles. The first-order chi connectivity index (χ1) is 15.3. The molecule has 0 aliphatic rings. The second-order valence-corrected chi connectivity index (χ2v) is 7.30. The highest BCUT2D eigenvalue weighted by Gasteiger charge is 2.29. The van der Waals surface area contributed by atoms with Crippen molar-refractivity contribution in [1.29, 1.82) is 0 Å². The van der Waals surface area contributed by atoms with Crippen LogP contribution in [0.15, 0.2) is 60.7 Å². The van der Waals surface area contributed by atoms with Crippen LogP contribution >= 0.6 is 0 Å². The lowest BCUT2D eigenvalue weighted by molar-refractivity contribution is -0.145. The number of hydrogen-bond acceptors (Lipinski definition) is 6. The summed E-state index contributed by atoms with van der Waals surface area (Å²) in [5.74, 6) is -2.62. The number of nitrogens with one attached hydrogen (secondary N) is 2. The molecule has 2 rings (SSSR count). The second-order valence-electron chi connectivity index (χ2n) is 7.30. The van der Waals surface area contributed by atoms with Crippen molar-refractivity contribution in [3.63, 3.8) is 0 Å². The fourth-order valence-corrected chi connectivity index (χ4v) is 3.10. The molecular weight excluding hydrogens is 412 g/mol. The molecule has 0 spiro atoms. The Morgan fingerprint density at radius 1 is 0.812 bits per heavy atom. The van der Waals surface area contributed by atoms with Gasteiger partial charge in [-0.05, 0) is 11.1 Å². The molecule has 2 aromatic rings. The Balaban J connectivity index is 2.19. The van der Waals surface area contributed by atoms with Gasteiger partial charge in [-0.2, -0.15) is 0 Å². The van der Waals surface area contributed by atoms with Crippen molar-refractivity contribution in [2.24, 2.45) is 11.5 Å². The van der Waals surface area contributed by atoms with E-state index in [0.717, 1.165) is 11.1 Å². The second kappa shape index (κ2) is 12.2. The van der Waals surface area contributed by atoms with E-state index >= 15 is 0 Å². The van der Waals surface area contributed by atoms with Crippen molar-refractivity contribution in [3.05, 3.63) is 71.8 Å². The van der Waals surface area contributed by atoms with Gasteiger partial charge in [-0.25, -0.2) is 4.79 Å². The standard InChI is InChI=1S/C23H28N4O5/c1-32-23(31)19(13-16-10-6-3-7-11-16)27-22(30)18(12-15-8-4-2-5-9-15)26-21(29)17(24)14-20(25)28/h2-11,17-19H,12-14,24H2,1H3,(H2,25,28)(H,26,29)(H,27,30)/t17-,18+,19+/m1/s1. The van der Waals surface area contributed by atoms with E-state index in [2.05, 4.69) is 10.6 Å². The molecule has 3 atom stereocenters. The van der Waals surface area contributed by atoms with Gasteiger partial charge in [-0.3, -0.25) is 14.4 Å². The normalized spacial score (nSPS) is 13.3. The Labute approximate surface area is 186 Å². The van der Waals surface area contributed by atoms with Crippen LogP contribution in [0.4, 0.5) is 0 Å². The Bertz CT molecular complexity index is 920. The predicted molar refractivity (Wildman–Crippen MR) is 118 cm³/mol. The maximum Gasteiger partial charge on any atom is 0.328 e. The Morgan fingerprint density at radius 2 is 1.28 bits per heavy atom. The number of carbonyl (C=O) groups is 4. The van der Waals surface area contributed by atoms with Crippen LogP contribution in [0.25, 0.3) is 0 Å². The van der Waals surface area contributed by atoms with Gasteiger partial charge in [-0.15, -0.1) is 0 Å². The number of carbonyl (C=O) groups excluding carboxylic acids is 4. The highest BCUT2D eigenvalue weighted by molar-refractivity contribution is 5.93. The topological polar surface area (TPSA) is 154 Å². The molecule has 6 N–H and O–H groups in total. The molecule has 170 valence electrons.